The average molecular weight is 217 g/mol. The van der Waals surface area contributed by atoms with E-state index in [-0.39, 0.29) is 6.54 Å². The number of aromatic amines is 1. The van der Waals surface area contributed by atoms with Crippen molar-refractivity contribution in [2.24, 2.45) is 5.11 Å². The van der Waals surface area contributed by atoms with Gasteiger partial charge >= 0.3 is 0 Å². The van der Waals surface area contributed by atoms with E-state index in [1.54, 1.807) is 12.3 Å². The first kappa shape index (κ1) is 10.3. The molecule has 2 rings (SSSR count). The third-order valence-electron chi connectivity index (χ3n) is 2.35. The molecule has 0 unspecified atom stereocenters. The molecule has 0 aliphatic heterocycles. The van der Waals surface area contributed by atoms with Crippen molar-refractivity contribution >= 4 is 0 Å². The molecule has 0 radical (unpaired) electrons. The number of aryl methyl sites for hydroxylation is 1. The Hall–Kier alpha value is -2.20. The molecule has 2 aromatic heterocycles. The van der Waals surface area contributed by atoms with Crippen molar-refractivity contribution in [3.05, 3.63) is 40.1 Å². The molecule has 2 aromatic rings. The van der Waals surface area contributed by atoms with E-state index in [0.29, 0.717) is 11.5 Å². The van der Waals surface area contributed by atoms with Gasteiger partial charge in [0.2, 0.25) is 0 Å². The zero-order chi connectivity index (χ0) is 11.4. The summed E-state index contributed by atoms with van der Waals surface area (Å²) in [5.74, 6) is 0.680. The fourth-order valence-electron chi connectivity index (χ4n) is 1.58. The Labute approximate surface area is 91.9 Å². The number of H-pyrrole nitrogens is 1. The van der Waals surface area contributed by atoms with Crippen LogP contribution in [0.2, 0.25) is 0 Å². The summed E-state index contributed by atoms with van der Waals surface area (Å²) < 4.78 is 5.28. The SMILES string of the molecule is CCc1[nH]nc(-c2ccco2)c1CN=[N+]=[N-]. The van der Waals surface area contributed by atoms with Gasteiger partial charge in [-0.2, -0.15) is 5.10 Å². The van der Waals surface area contributed by atoms with Crippen LogP contribution in [0.25, 0.3) is 21.9 Å². The minimum Gasteiger partial charge on any atom is -0.463 e. The van der Waals surface area contributed by atoms with Crippen LogP contribution in [-0.2, 0) is 13.0 Å². The van der Waals surface area contributed by atoms with E-state index in [9.17, 15) is 0 Å². The van der Waals surface area contributed by atoms with Crippen LogP contribution in [0.3, 0.4) is 0 Å². The molecule has 6 nitrogen and oxygen atoms in total. The van der Waals surface area contributed by atoms with Gasteiger partial charge in [-0.05, 0) is 24.1 Å². The Bertz CT molecular complexity index is 507. The highest BCUT2D eigenvalue weighted by Crippen LogP contribution is 2.25. The predicted molar refractivity (Wildman–Crippen MR) is 58.5 cm³/mol. The highest BCUT2D eigenvalue weighted by Gasteiger charge is 2.14. The lowest BCUT2D eigenvalue weighted by Crippen LogP contribution is -1.89. The number of nitrogens with one attached hydrogen (secondary N) is 1. The number of nitrogens with zero attached hydrogens (tertiary/aromatic N) is 4. The van der Waals surface area contributed by atoms with Crippen LogP contribution in [0, 0.1) is 0 Å². The van der Waals surface area contributed by atoms with Gasteiger partial charge in [0.1, 0.15) is 5.69 Å². The quantitative estimate of drug-likeness (QED) is 0.484. The van der Waals surface area contributed by atoms with Gasteiger partial charge in [-0.1, -0.05) is 12.0 Å². The molecule has 6 heteroatoms. The molecule has 0 atom stereocenters. The Kier molecular flexibility index (Phi) is 2.93. The average Bonchev–Trinajstić information content (AvgIpc) is 2.94. The van der Waals surface area contributed by atoms with Gasteiger partial charge in [0.05, 0.1) is 12.8 Å². The maximum Gasteiger partial charge on any atom is 0.154 e. The van der Waals surface area contributed by atoms with Crippen molar-refractivity contribution in [1.29, 1.82) is 0 Å². The fourth-order valence-corrected chi connectivity index (χ4v) is 1.58. The van der Waals surface area contributed by atoms with Gasteiger partial charge in [0.25, 0.3) is 0 Å². The smallest absolute Gasteiger partial charge is 0.154 e. The molecule has 0 fully saturated rings. The molecule has 16 heavy (non-hydrogen) atoms. The highest BCUT2D eigenvalue weighted by molar-refractivity contribution is 5.58. The maximum atomic E-state index is 8.35. The van der Waals surface area contributed by atoms with Crippen LogP contribution in [0.4, 0.5) is 0 Å². The molecular formula is C10H11N5O. The molecule has 0 saturated heterocycles. The standard InChI is InChI=1S/C10H11N5O/c1-2-8-7(6-12-15-11)10(14-13-8)9-4-3-5-16-9/h3-5H,2,6H2,1H3,(H,13,14). The summed E-state index contributed by atoms with van der Waals surface area (Å²) in [6, 6.07) is 3.63. The zero-order valence-electron chi connectivity index (χ0n) is 8.84. The van der Waals surface area contributed by atoms with Crippen LogP contribution in [0.15, 0.2) is 27.9 Å². The lowest BCUT2D eigenvalue weighted by molar-refractivity contribution is 0.579. The van der Waals surface area contributed by atoms with Crippen LogP contribution < -0.4 is 0 Å². The van der Waals surface area contributed by atoms with E-state index in [1.807, 2.05) is 13.0 Å². The van der Waals surface area contributed by atoms with Crippen molar-refractivity contribution in [3.8, 4) is 11.5 Å². The van der Waals surface area contributed by atoms with E-state index in [0.717, 1.165) is 17.7 Å². The largest absolute Gasteiger partial charge is 0.463 e. The normalized spacial score (nSPS) is 10.1. The molecule has 0 bridgehead atoms. The van der Waals surface area contributed by atoms with Crippen molar-refractivity contribution in [1.82, 2.24) is 10.2 Å². The predicted octanol–water partition coefficient (Wildman–Crippen LogP) is 3.04. The Morgan fingerprint density at radius 1 is 1.62 bits per heavy atom. The molecule has 0 amide bonds. The van der Waals surface area contributed by atoms with Gasteiger partial charge in [-0.3, -0.25) is 5.10 Å². The summed E-state index contributed by atoms with van der Waals surface area (Å²) in [5, 5.41) is 10.7. The number of aromatic nitrogens is 2. The molecule has 0 aliphatic rings. The number of azide groups is 1. The molecule has 0 aromatic carbocycles. The van der Waals surface area contributed by atoms with E-state index >= 15 is 0 Å². The lowest BCUT2D eigenvalue weighted by Gasteiger charge is -1.98. The van der Waals surface area contributed by atoms with Gasteiger partial charge in [0, 0.05) is 16.2 Å². The van der Waals surface area contributed by atoms with Gasteiger partial charge in [-0.15, -0.1) is 0 Å². The summed E-state index contributed by atoms with van der Waals surface area (Å²) in [7, 11) is 0. The topological polar surface area (TPSA) is 90.6 Å². The van der Waals surface area contributed by atoms with Gasteiger partial charge < -0.3 is 4.42 Å². The molecule has 82 valence electrons. The summed E-state index contributed by atoms with van der Waals surface area (Å²) >= 11 is 0. The van der Waals surface area contributed by atoms with Crippen molar-refractivity contribution < 1.29 is 4.42 Å². The third kappa shape index (κ3) is 1.78. The van der Waals surface area contributed by atoms with Crippen molar-refractivity contribution in [3.63, 3.8) is 0 Å². The van der Waals surface area contributed by atoms with Gasteiger partial charge in [0.15, 0.2) is 5.76 Å². The molecule has 0 aliphatic carbocycles. The second-order valence-corrected chi connectivity index (χ2v) is 3.25. The third-order valence-corrected chi connectivity index (χ3v) is 2.35. The second-order valence-electron chi connectivity index (χ2n) is 3.25. The van der Waals surface area contributed by atoms with Crippen LogP contribution in [0.5, 0.6) is 0 Å². The van der Waals surface area contributed by atoms with E-state index in [4.69, 9.17) is 9.95 Å². The van der Waals surface area contributed by atoms with E-state index in [1.165, 1.54) is 0 Å². The first-order chi connectivity index (χ1) is 7.86. The monoisotopic (exact) mass is 217 g/mol. The number of hydrogen-bond acceptors (Lipinski definition) is 3. The molecular weight excluding hydrogens is 206 g/mol. The molecule has 0 spiro atoms. The maximum absolute atomic E-state index is 8.35. The zero-order valence-corrected chi connectivity index (χ0v) is 8.84. The summed E-state index contributed by atoms with van der Waals surface area (Å²) in [6.07, 6.45) is 2.40. The minimum atomic E-state index is 0.284. The summed E-state index contributed by atoms with van der Waals surface area (Å²) in [6.45, 7) is 2.30. The fraction of sp³-hybridized carbons (Fsp3) is 0.300. The van der Waals surface area contributed by atoms with Crippen LogP contribution in [-0.4, -0.2) is 10.2 Å². The lowest BCUT2D eigenvalue weighted by atomic mass is 10.1. The van der Waals surface area contributed by atoms with Crippen LogP contribution >= 0.6 is 0 Å². The van der Waals surface area contributed by atoms with E-state index in [2.05, 4.69) is 20.2 Å². The van der Waals surface area contributed by atoms with Crippen LogP contribution in [0.1, 0.15) is 18.2 Å². The highest BCUT2D eigenvalue weighted by atomic mass is 16.3. The van der Waals surface area contributed by atoms with Crippen molar-refractivity contribution in [2.45, 2.75) is 19.9 Å². The Balaban J connectivity index is 2.45. The summed E-state index contributed by atoms with van der Waals surface area (Å²) in [5.41, 5.74) is 10.9. The number of rotatable bonds is 4. The van der Waals surface area contributed by atoms with Gasteiger partial charge in [-0.25, -0.2) is 0 Å². The molecule has 1 N–H and O–H groups in total. The minimum absolute atomic E-state index is 0.284. The number of furan rings is 1. The Morgan fingerprint density at radius 2 is 2.50 bits per heavy atom. The second kappa shape index (κ2) is 4.55. The number of hydrogen-bond donors (Lipinski definition) is 1. The summed E-state index contributed by atoms with van der Waals surface area (Å²) in [4.78, 5) is 2.76. The first-order valence-corrected chi connectivity index (χ1v) is 4.97. The van der Waals surface area contributed by atoms with Crippen molar-refractivity contribution in [2.75, 3.05) is 0 Å². The van der Waals surface area contributed by atoms with E-state index < -0.39 is 0 Å². The molecule has 0 saturated carbocycles. The molecule has 2 heterocycles. The first-order valence-electron chi connectivity index (χ1n) is 4.97. The Morgan fingerprint density at radius 3 is 3.12 bits per heavy atom.